The monoisotopic (exact) mass is 744 g/mol. The first-order valence-corrected chi connectivity index (χ1v) is 19.2. The number of ketones is 1. The molecule has 55 heavy (non-hydrogen) atoms. The lowest BCUT2D eigenvalue weighted by Gasteiger charge is -2.42. The van der Waals surface area contributed by atoms with Gasteiger partial charge in [-0.15, -0.1) is 0 Å². The van der Waals surface area contributed by atoms with Crippen LogP contribution < -0.4 is 20.1 Å². The molecule has 2 heterocycles. The summed E-state index contributed by atoms with van der Waals surface area (Å²) in [6.45, 7) is 0.556. The van der Waals surface area contributed by atoms with Crippen molar-refractivity contribution in [2.24, 2.45) is 11.3 Å². The number of phenolic OH excluding ortho intramolecular Hbond substituents is 4. The minimum atomic E-state index is -0.981. The number of anilines is 1. The first-order valence-electron chi connectivity index (χ1n) is 19.2. The molecule has 1 saturated carbocycles. The lowest BCUT2D eigenvalue weighted by molar-refractivity contribution is -0.132. The molecule has 7 N–H and O–H groups in total. The van der Waals surface area contributed by atoms with Gasteiger partial charge in [0.1, 0.15) is 17.4 Å². The maximum atomic E-state index is 15.3. The van der Waals surface area contributed by atoms with Gasteiger partial charge in [0.25, 0.3) is 0 Å². The van der Waals surface area contributed by atoms with Crippen molar-refractivity contribution in [2.45, 2.75) is 69.3 Å². The lowest BCUT2D eigenvalue weighted by Crippen LogP contribution is -2.44. The lowest BCUT2D eigenvalue weighted by atomic mass is 9.62. The normalized spacial score (nSPS) is 22.0. The highest BCUT2D eigenvalue weighted by Crippen LogP contribution is 2.55. The van der Waals surface area contributed by atoms with Crippen molar-refractivity contribution < 1.29 is 39.8 Å². The van der Waals surface area contributed by atoms with Gasteiger partial charge < -0.3 is 45.6 Å². The number of allylic oxidation sites excluding steroid dienone is 3. The molecule has 8 rings (SSSR count). The second kappa shape index (κ2) is 14.6. The number of nitrogens with one attached hydrogen (secondary N) is 2. The van der Waals surface area contributed by atoms with Gasteiger partial charge in [0.2, 0.25) is 5.75 Å². The number of aliphatic hydroxyl groups is 1. The van der Waals surface area contributed by atoms with E-state index in [-0.39, 0.29) is 46.9 Å². The summed E-state index contributed by atoms with van der Waals surface area (Å²) in [6, 6.07) is 16.0. The minimum absolute atomic E-state index is 0.0384. The van der Waals surface area contributed by atoms with Gasteiger partial charge in [0, 0.05) is 30.0 Å². The van der Waals surface area contributed by atoms with E-state index in [4.69, 9.17) is 9.47 Å². The van der Waals surface area contributed by atoms with E-state index >= 15 is 4.79 Å². The Morgan fingerprint density at radius 3 is 2.51 bits per heavy atom. The Kier molecular flexibility index (Phi) is 9.63. The molecule has 4 aromatic rings. The third kappa shape index (κ3) is 6.62. The van der Waals surface area contributed by atoms with Gasteiger partial charge in [-0.2, -0.15) is 0 Å². The molecule has 10 heteroatoms. The van der Waals surface area contributed by atoms with Gasteiger partial charge in [0.05, 0.1) is 26.2 Å². The van der Waals surface area contributed by atoms with Crippen molar-refractivity contribution in [2.75, 3.05) is 26.1 Å². The van der Waals surface area contributed by atoms with Crippen LogP contribution in [0, 0.1) is 11.3 Å². The summed E-state index contributed by atoms with van der Waals surface area (Å²) in [7, 11) is 2.93. The Labute approximate surface area is 320 Å². The summed E-state index contributed by atoms with van der Waals surface area (Å²) in [5, 5.41) is 63.8. The highest BCUT2D eigenvalue weighted by atomic mass is 16.5. The van der Waals surface area contributed by atoms with Crippen LogP contribution in [0.5, 0.6) is 34.5 Å². The van der Waals surface area contributed by atoms with E-state index in [1.165, 1.54) is 20.3 Å². The number of methoxy groups -OCH3 is 2. The van der Waals surface area contributed by atoms with E-state index in [1.807, 2.05) is 24.3 Å². The van der Waals surface area contributed by atoms with Crippen LogP contribution in [0.1, 0.15) is 79.0 Å². The van der Waals surface area contributed by atoms with Crippen LogP contribution in [-0.4, -0.2) is 58.2 Å². The van der Waals surface area contributed by atoms with Crippen molar-refractivity contribution in [1.29, 1.82) is 0 Å². The topological polar surface area (TPSA) is 161 Å². The van der Waals surface area contributed by atoms with Crippen molar-refractivity contribution in [1.82, 2.24) is 5.32 Å². The predicted octanol–water partition coefficient (Wildman–Crippen LogP) is 7.89. The molecule has 0 saturated heterocycles. The number of phenols is 4. The molecule has 4 unspecified atom stereocenters. The molecule has 10 nitrogen and oxygen atoms in total. The van der Waals surface area contributed by atoms with Crippen LogP contribution in [0.2, 0.25) is 0 Å². The molecule has 0 amide bonds. The molecular weight excluding hydrogens is 697 g/mol. The van der Waals surface area contributed by atoms with E-state index < -0.39 is 23.4 Å². The zero-order chi connectivity index (χ0) is 38.4. The molecule has 0 radical (unpaired) electrons. The SMILES string of the molecule is COc1cc(CCC(O)C2C(=O)CC(c3cc(O)c(O)c(OC)c3)CC3C=Cc4cc(O)cc5ccc(c3c45)NC3=CC(=CCN3)C23CCCC3)ccc1O. The Morgan fingerprint density at radius 1 is 0.927 bits per heavy atom. The summed E-state index contributed by atoms with van der Waals surface area (Å²) in [6.07, 6.45) is 12.1. The second-order valence-electron chi connectivity index (χ2n) is 15.5. The summed E-state index contributed by atoms with van der Waals surface area (Å²) >= 11 is 0. The summed E-state index contributed by atoms with van der Waals surface area (Å²) in [4.78, 5) is 15.3. The number of aryl methyl sites for hydroxylation is 1. The maximum absolute atomic E-state index is 15.3. The van der Waals surface area contributed by atoms with Gasteiger partial charge in [-0.05, 0) is 125 Å². The van der Waals surface area contributed by atoms with E-state index in [0.29, 0.717) is 37.1 Å². The van der Waals surface area contributed by atoms with E-state index in [2.05, 4.69) is 28.9 Å². The van der Waals surface area contributed by atoms with Crippen molar-refractivity contribution in [3.63, 3.8) is 0 Å². The molecule has 2 aliphatic carbocycles. The van der Waals surface area contributed by atoms with Crippen molar-refractivity contribution in [3.8, 4) is 34.5 Å². The third-order valence-electron chi connectivity index (χ3n) is 12.4. The minimum Gasteiger partial charge on any atom is -0.508 e. The number of rotatable bonds is 7. The van der Waals surface area contributed by atoms with Crippen LogP contribution in [0.15, 0.2) is 84.2 Å². The Bertz CT molecular complexity index is 2250. The molecule has 1 spiro atoms. The number of Topliss-reactive ketones (excluding diaryl/α,β-unsaturated/α-hetero) is 1. The van der Waals surface area contributed by atoms with Crippen LogP contribution in [0.3, 0.4) is 0 Å². The standard InChI is InChI=1S/C45H48N2O8/c1-54-38-17-25(5-11-34(38)49)6-12-35(50)43-36(51)21-29(30-22-37(52)44(53)39(23-30)55-2)18-26-7-8-27-19-32(48)20-28-9-10-33(42(26)41(27)28)47-40-24-31(13-16-46-40)45(43)14-3-4-15-45/h5,7-11,13,17,19-20,22-24,26,29,35,43,46-50,52-53H,3-4,6,12,14-16,18,21H2,1-2H3. The number of carbonyl (C=O) groups is 1. The van der Waals surface area contributed by atoms with Crippen molar-refractivity contribution in [3.05, 3.63) is 106 Å². The fourth-order valence-corrected chi connectivity index (χ4v) is 9.81. The molecule has 4 atom stereocenters. The average molecular weight is 745 g/mol. The zero-order valence-electron chi connectivity index (χ0n) is 31.1. The maximum Gasteiger partial charge on any atom is 0.200 e. The molecule has 2 aliphatic heterocycles. The first kappa shape index (κ1) is 36.4. The fourth-order valence-electron chi connectivity index (χ4n) is 9.81. The number of fused-ring (bicyclic) bond motifs is 2. The van der Waals surface area contributed by atoms with Crippen LogP contribution in [0.25, 0.3) is 16.8 Å². The molecule has 4 aliphatic rings. The zero-order valence-corrected chi connectivity index (χ0v) is 31.1. The van der Waals surface area contributed by atoms with Gasteiger partial charge in [-0.25, -0.2) is 0 Å². The number of aromatic hydroxyl groups is 4. The number of hydrogen-bond acceptors (Lipinski definition) is 10. The smallest absolute Gasteiger partial charge is 0.200 e. The van der Waals surface area contributed by atoms with E-state index in [1.54, 1.807) is 30.3 Å². The highest BCUT2D eigenvalue weighted by Gasteiger charge is 2.50. The van der Waals surface area contributed by atoms with Gasteiger partial charge in [-0.3, -0.25) is 4.79 Å². The number of aliphatic hydroxyl groups excluding tert-OH is 1. The molecule has 2 bridgehead atoms. The molecule has 4 aromatic carbocycles. The Morgan fingerprint density at radius 2 is 1.73 bits per heavy atom. The van der Waals surface area contributed by atoms with E-state index in [9.17, 15) is 25.5 Å². The van der Waals surface area contributed by atoms with Crippen LogP contribution >= 0.6 is 0 Å². The highest BCUT2D eigenvalue weighted by molar-refractivity contribution is 6.00. The quantitative estimate of drug-likeness (QED) is 0.0928. The number of benzene rings is 4. The van der Waals surface area contributed by atoms with Gasteiger partial charge in [-0.1, -0.05) is 43.2 Å². The fraction of sp³-hybridized carbons (Fsp3) is 0.356. The largest absolute Gasteiger partial charge is 0.508 e. The number of carbonyl (C=O) groups excluding carboxylic acids is 1. The molecule has 1 fully saturated rings. The van der Waals surface area contributed by atoms with E-state index in [0.717, 1.165) is 70.2 Å². The van der Waals surface area contributed by atoms with Crippen LogP contribution in [-0.2, 0) is 11.2 Å². The summed E-state index contributed by atoms with van der Waals surface area (Å²) in [5.41, 5.74) is 4.79. The average Bonchev–Trinajstić information content (AvgIpc) is 3.67. The van der Waals surface area contributed by atoms with Crippen LogP contribution in [0.4, 0.5) is 5.69 Å². The molecule has 0 aromatic heterocycles. The predicted molar refractivity (Wildman–Crippen MR) is 212 cm³/mol. The number of dihydropyridines is 1. The van der Waals surface area contributed by atoms with Crippen molar-refractivity contribution >= 4 is 28.3 Å². The number of ether oxygens (including phenoxy) is 2. The first-order chi connectivity index (χ1) is 26.6. The second-order valence-corrected chi connectivity index (χ2v) is 15.5. The molecular formula is C45H48N2O8. The molecule has 286 valence electrons. The summed E-state index contributed by atoms with van der Waals surface area (Å²) in [5.74, 6) is -0.617. The summed E-state index contributed by atoms with van der Waals surface area (Å²) < 4.78 is 10.8. The van der Waals surface area contributed by atoms with Gasteiger partial charge >= 0.3 is 0 Å². The third-order valence-corrected chi connectivity index (χ3v) is 12.4. The van der Waals surface area contributed by atoms with Gasteiger partial charge in [0.15, 0.2) is 23.0 Å². The Balaban J connectivity index is 1.27. The Hall–Kier alpha value is -5.61. The number of hydrogen-bond donors (Lipinski definition) is 7.